The van der Waals surface area contributed by atoms with Crippen LogP contribution in [0, 0.1) is 5.92 Å². The summed E-state index contributed by atoms with van der Waals surface area (Å²) in [6.07, 6.45) is 8.31. The van der Waals surface area contributed by atoms with Crippen LogP contribution in [0.4, 0.5) is 10.6 Å². The van der Waals surface area contributed by atoms with Gasteiger partial charge < -0.3 is 20.6 Å². The Bertz CT molecular complexity index is 901. The Morgan fingerprint density at radius 2 is 2.07 bits per heavy atom. The normalized spacial score (nSPS) is 16.7. The summed E-state index contributed by atoms with van der Waals surface area (Å²) in [5, 5.41) is 15.3. The number of aryl methyl sites for hydroxylation is 2. The third kappa shape index (κ3) is 4.84. The average molecular weight is 410 g/mol. The number of hydrogen-bond donors (Lipinski definition) is 3. The molecule has 2 aliphatic rings. The molecule has 4 rings (SSSR count). The van der Waals surface area contributed by atoms with Crippen molar-refractivity contribution in [2.24, 2.45) is 5.92 Å². The van der Waals surface area contributed by atoms with Crippen molar-refractivity contribution in [3.05, 3.63) is 47.7 Å². The first-order valence-corrected chi connectivity index (χ1v) is 10.3. The van der Waals surface area contributed by atoms with Crippen LogP contribution in [-0.2, 0) is 17.6 Å². The molecule has 0 aliphatic carbocycles. The van der Waals surface area contributed by atoms with Crippen molar-refractivity contribution >= 4 is 17.8 Å². The first-order valence-electron chi connectivity index (χ1n) is 10.3. The van der Waals surface area contributed by atoms with E-state index in [0.717, 1.165) is 43.7 Å². The largest absolute Gasteiger partial charge is 0.481 e. The lowest BCUT2D eigenvalue weighted by Crippen LogP contribution is -2.54. The van der Waals surface area contributed by atoms with Crippen LogP contribution in [0.1, 0.15) is 42.1 Å². The lowest BCUT2D eigenvalue weighted by molar-refractivity contribution is -0.137. The minimum Gasteiger partial charge on any atom is -0.481 e. The average Bonchev–Trinajstić information content (AvgIpc) is 2.72. The molecule has 9 heteroatoms. The number of rotatable bonds is 7. The second-order valence-electron chi connectivity index (χ2n) is 7.92. The van der Waals surface area contributed by atoms with E-state index in [4.69, 9.17) is 10.1 Å². The van der Waals surface area contributed by atoms with Gasteiger partial charge in [0.2, 0.25) is 0 Å². The standard InChI is InChI=1S/C21H26N6O3/c28-19(29)8-18(16-9-22-13-23-10-16)26-21(30)27-11-14(12-27)3-5-17-6-4-15-2-1-7-24-20(15)25-17/h4,6,9-10,13-14,18H,1-3,5,7-8,11-12H2,(H,24,25)(H,26,30)(H,28,29). The molecule has 0 saturated carbocycles. The molecule has 2 aromatic rings. The lowest BCUT2D eigenvalue weighted by atomic mass is 9.93. The quantitative estimate of drug-likeness (QED) is 0.639. The number of carbonyl (C=O) groups is 2. The number of carboxylic acids is 1. The summed E-state index contributed by atoms with van der Waals surface area (Å²) in [7, 11) is 0. The highest BCUT2D eigenvalue weighted by Gasteiger charge is 2.32. The number of carboxylic acid groups (broad SMARTS) is 1. The van der Waals surface area contributed by atoms with E-state index in [0.29, 0.717) is 24.6 Å². The monoisotopic (exact) mass is 410 g/mol. The maximum atomic E-state index is 12.5. The Hall–Kier alpha value is -3.23. The van der Waals surface area contributed by atoms with Crippen molar-refractivity contribution in [2.45, 2.75) is 38.1 Å². The van der Waals surface area contributed by atoms with Gasteiger partial charge in [0.05, 0.1) is 12.5 Å². The van der Waals surface area contributed by atoms with Gasteiger partial charge in [-0.1, -0.05) is 6.07 Å². The summed E-state index contributed by atoms with van der Waals surface area (Å²) in [6.45, 7) is 2.31. The van der Waals surface area contributed by atoms with Crippen LogP contribution < -0.4 is 10.6 Å². The van der Waals surface area contributed by atoms with Crippen LogP contribution in [0.5, 0.6) is 0 Å². The Kier molecular flexibility index (Phi) is 6.06. The van der Waals surface area contributed by atoms with E-state index in [-0.39, 0.29) is 12.5 Å². The molecule has 1 atom stereocenters. The summed E-state index contributed by atoms with van der Waals surface area (Å²) < 4.78 is 0. The van der Waals surface area contributed by atoms with Gasteiger partial charge in [-0.2, -0.15) is 0 Å². The molecule has 30 heavy (non-hydrogen) atoms. The van der Waals surface area contributed by atoms with Crippen molar-refractivity contribution in [1.82, 2.24) is 25.2 Å². The van der Waals surface area contributed by atoms with Gasteiger partial charge in [0, 0.05) is 43.3 Å². The van der Waals surface area contributed by atoms with Gasteiger partial charge in [-0.25, -0.2) is 19.7 Å². The third-order valence-electron chi connectivity index (χ3n) is 5.66. The number of anilines is 1. The highest BCUT2D eigenvalue weighted by atomic mass is 16.4. The molecule has 0 radical (unpaired) electrons. The van der Waals surface area contributed by atoms with E-state index < -0.39 is 12.0 Å². The minimum absolute atomic E-state index is 0.214. The fourth-order valence-electron chi connectivity index (χ4n) is 3.94. The molecule has 1 saturated heterocycles. The van der Waals surface area contributed by atoms with Gasteiger partial charge >= 0.3 is 12.0 Å². The molecule has 3 N–H and O–H groups in total. The summed E-state index contributed by atoms with van der Waals surface area (Å²) >= 11 is 0. The number of amides is 2. The molecule has 9 nitrogen and oxygen atoms in total. The number of aliphatic carboxylic acids is 1. The second-order valence-corrected chi connectivity index (χ2v) is 7.92. The molecular formula is C21H26N6O3. The van der Waals surface area contributed by atoms with Crippen molar-refractivity contribution in [2.75, 3.05) is 25.0 Å². The molecule has 0 bridgehead atoms. The Morgan fingerprint density at radius 3 is 2.83 bits per heavy atom. The van der Waals surface area contributed by atoms with E-state index in [9.17, 15) is 9.59 Å². The van der Waals surface area contributed by atoms with Crippen LogP contribution in [0.2, 0.25) is 0 Å². The number of fused-ring (bicyclic) bond motifs is 1. The Balaban J connectivity index is 1.25. The van der Waals surface area contributed by atoms with Gasteiger partial charge in [-0.3, -0.25) is 4.79 Å². The summed E-state index contributed by atoms with van der Waals surface area (Å²) in [4.78, 5) is 38.0. The van der Waals surface area contributed by atoms with E-state index >= 15 is 0 Å². The van der Waals surface area contributed by atoms with Gasteiger partial charge in [-0.15, -0.1) is 0 Å². The second kappa shape index (κ2) is 9.06. The topological polar surface area (TPSA) is 120 Å². The number of nitrogens with zero attached hydrogens (tertiary/aromatic N) is 4. The smallest absolute Gasteiger partial charge is 0.317 e. The molecule has 2 aliphatic heterocycles. The third-order valence-corrected chi connectivity index (χ3v) is 5.66. The van der Waals surface area contributed by atoms with Crippen molar-refractivity contribution in [3.8, 4) is 0 Å². The van der Waals surface area contributed by atoms with Crippen LogP contribution in [-0.4, -0.2) is 56.6 Å². The van der Waals surface area contributed by atoms with Gasteiger partial charge in [0.1, 0.15) is 12.1 Å². The van der Waals surface area contributed by atoms with Gasteiger partial charge in [0.15, 0.2) is 0 Å². The van der Waals surface area contributed by atoms with Crippen LogP contribution in [0.25, 0.3) is 0 Å². The highest BCUT2D eigenvalue weighted by molar-refractivity contribution is 5.77. The zero-order valence-electron chi connectivity index (χ0n) is 16.8. The zero-order chi connectivity index (χ0) is 20.9. The summed E-state index contributed by atoms with van der Waals surface area (Å²) in [5.41, 5.74) is 2.95. The maximum Gasteiger partial charge on any atom is 0.317 e. The molecule has 2 aromatic heterocycles. The van der Waals surface area contributed by atoms with E-state index in [2.05, 4.69) is 32.7 Å². The van der Waals surface area contributed by atoms with Crippen molar-refractivity contribution in [1.29, 1.82) is 0 Å². The number of carbonyl (C=O) groups excluding carboxylic acids is 1. The highest BCUT2D eigenvalue weighted by Crippen LogP contribution is 2.24. The molecule has 158 valence electrons. The molecular weight excluding hydrogens is 384 g/mol. The zero-order valence-corrected chi connectivity index (χ0v) is 16.8. The van der Waals surface area contributed by atoms with E-state index in [1.807, 2.05) is 0 Å². The van der Waals surface area contributed by atoms with Crippen LogP contribution in [0.15, 0.2) is 30.9 Å². The van der Waals surface area contributed by atoms with Crippen molar-refractivity contribution in [3.63, 3.8) is 0 Å². The van der Waals surface area contributed by atoms with Crippen LogP contribution in [0.3, 0.4) is 0 Å². The van der Waals surface area contributed by atoms with Crippen LogP contribution >= 0.6 is 0 Å². The molecule has 1 fully saturated rings. The predicted octanol–water partition coefficient (Wildman–Crippen LogP) is 2.02. The Morgan fingerprint density at radius 1 is 1.27 bits per heavy atom. The molecule has 1 unspecified atom stereocenters. The lowest BCUT2D eigenvalue weighted by Gasteiger charge is -2.40. The maximum absolute atomic E-state index is 12.5. The molecule has 2 amide bonds. The molecule has 4 heterocycles. The predicted molar refractivity (Wildman–Crippen MR) is 110 cm³/mol. The molecule has 0 aromatic carbocycles. The first-order chi connectivity index (χ1) is 14.6. The van der Waals surface area contributed by atoms with E-state index in [1.165, 1.54) is 24.3 Å². The number of pyridine rings is 1. The number of aromatic nitrogens is 3. The fraction of sp³-hybridized carbons (Fsp3) is 0.476. The number of urea groups is 1. The number of likely N-dealkylation sites (tertiary alicyclic amines) is 1. The summed E-state index contributed by atoms with van der Waals surface area (Å²) in [6, 6.07) is 3.37. The molecule has 0 spiro atoms. The summed E-state index contributed by atoms with van der Waals surface area (Å²) in [5.74, 6) is 0.458. The fourth-order valence-corrected chi connectivity index (χ4v) is 3.94. The minimum atomic E-state index is -0.988. The Labute approximate surface area is 174 Å². The number of hydrogen-bond acceptors (Lipinski definition) is 6. The van der Waals surface area contributed by atoms with E-state index in [1.54, 1.807) is 4.90 Å². The number of nitrogens with one attached hydrogen (secondary N) is 2. The van der Waals surface area contributed by atoms with Crippen molar-refractivity contribution < 1.29 is 14.7 Å². The first kappa shape index (κ1) is 20.1. The van der Waals surface area contributed by atoms with Gasteiger partial charge in [-0.05, 0) is 43.2 Å². The van der Waals surface area contributed by atoms with Gasteiger partial charge in [0.25, 0.3) is 0 Å². The SMILES string of the molecule is O=C(O)CC(NC(=O)N1CC(CCc2ccc3c(n2)NCCC3)C1)c1cncnc1.